The molecule has 0 atom stereocenters. The highest BCUT2D eigenvalue weighted by Crippen LogP contribution is 2.30. The minimum Gasteiger partial charge on any atom is -0.508 e. The van der Waals surface area contributed by atoms with Crippen molar-refractivity contribution in [1.29, 1.82) is 0 Å². The van der Waals surface area contributed by atoms with Gasteiger partial charge in [-0.2, -0.15) is 0 Å². The number of hydrogen-bond acceptors (Lipinski definition) is 3. The van der Waals surface area contributed by atoms with Gasteiger partial charge in [0.05, 0.1) is 11.0 Å². The first-order valence-electron chi connectivity index (χ1n) is 10.4. The Morgan fingerprint density at radius 3 is 2.31 bits per heavy atom. The summed E-state index contributed by atoms with van der Waals surface area (Å²) in [5, 5.41) is 10.4. The lowest BCUT2D eigenvalue weighted by molar-refractivity contribution is 0.306. The summed E-state index contributed by atoms with van der Waals surface area (Å²) in [5.74, 6) is 1.83. The number of phenolic OH excluding ortho intramolecular Hbond substituents is 1. The second kappa shape index (κ2) is 8.77. The maximum absolute atomic E-state index is 9.71. The topological polar surface area (TPSA) is 47.3 Å². The number of fused-ring (bicyclic) bond motifs is 1. The molecule has 0 aliphatic carbocycles. The fourth-order valence-electron chi connectivity index (χ4n) is 3.70. The molecule has 0 radical (unpaired) electrons. The number of aromatic hydroxyl groups is 1. The van der Waals surface area contributed by atoms with Gasteiger partial charge in [-0.3, -0.25) is 0 Å². The molecule has 1 N–H and O–H groups in total. The van der Waals surface area contributed by atoms with Crippen molar-refractivity contribution in [3.8, 4) is 22.9 Å². The average Bonchev–Trinajstić information content (AvgIpc) is 3.18. The lowest BCUT2D eigenvalue weighted by Crippen LogP contribution is -2.02. The van der Waals surface area contributed by atoms with Crippen molar-refractivity contribution in [3.05, 3.63) is 113 Å². The maximum Gasteiger partial charge on any atom is 0.141 e. The lowest BCUT2D eigenvalue weighted by atomic mass is 10.2. The molecule has 1 aromatic heterocycles. The summed E-state index contributed by atoms with van der Waals surface area (Å²) in [6, 6.07) is 31.0. The summed E-state index contributed by atoms with van der Waals surface area (Å²) in [6.07, 6.45) is 0. The predicted octanol–water partition coefficient (Wildman–Crippen LogP) is 6.69. The monoisotopic (exact) mass is 440 g/mol. The van der Waals surface area contributed by atoms with Crippen LogP contribution in [0.15, 0.2) is 97.1 Å². The Morgan fingerprint density at radius 1 is 0.812 bits per heavy atom. The average molecular weight is 441 g/mol. The molecular formula is C27H21ClN2O2. The molecule has 5 aromatic rings. The van der Waals surface area contributed by atoms with Gasteiger partial charge in [0.15, 0.2) is 0 Å². The van der Waals surface area contributed by atoms with Gasteiger partial charge in [0.2, 0.25) is 0 Å². The van der Waals surface area contributed by atoms with Crippen LogP contribution in [0.2, 0.25) is 5.02 Å². The molecule has 4 aromatic carbocycles. The van der Waals surface area contributed by atoms with Crippen molar-refractivity contribution in [1.82, 2.24) is 9.55 Å². The Hall–Kier alpha value is -3.76. The van der Waals surface area contributed by atoms with Gasteiger partial charge in [-0.25, -0.2) is 4.98 Å². The third-order valence-electron chi connectivity index (χ3n) is 5.35. The number of halogens is 1. The second-order valence-corrected chi connectivity index (χ2v) is 8.06. The highest BCUT2D eigenvalue weighted by Gasteiger charge is 2.14. The predicted molar refractivity (Wildman–Crippen MR) is 128 cm³/mol. The zero-order valence-corrected chi connectivity index (χ0v) is 18.0. The van der Waals surface area contributed by atoms with E-state index in [1.807, 2.05) is 84.9 Å². The number of rotatable bonds is 6. The highest BCUT2D eigenvalue weighted by molar-refractivity contribution is 6.30. The minimum absolute atomic E-state index is 0.228. The normalized spacial score (nSPS) is 11.0. The molecular weight excluding hydrogens is 420 g/mol. The number of imidazole rings is 1. The number of aromatic nitrogens is 2. The van der Waals surface area contributed by atoms with Gasteiger partial charge in [0.1, 0.15) is 23.9 Å². The molecule has 158 valence electrons. The molecule has 5 heteroatoms. The standard InChI is InChI=1S/C27H21ClN2O2/c28-22-10-6-19(7-11-22)17-30-26-15-14-24(32-18-20-4-2-1-3-5-20)16-25(26)29-27(30)21-8-12-23(31)13-9-21/h1-16,31H,17-18H2. The fraction of sp³-hybridized carbons (Fsp3) is 0.0741. The molecule has 0 amide bonds. The number of nitrogens with zero attached hydrogens (tertiary/aromatic N) is 2. The number of ether oxygens (including phenoxy) is 1. The smallest absolute Gasteiger partial charge is 0.141 e. The van der Waals surface area contributed by atoms with Gasteiger partial charge in [-0.15, -0.1) is 0 Å². The number of phenols is 1. The summed E-state index contributed by atoms with van der Waals surface area (Å²) in [4.78, 5) is 4.92. The summed E-state index contributed by atoms with van der Waals surface area (Å²) in [7, 11) is 0. The number of hydrogen-bond donors (Lipinski definition) is 1. The van der Waals surface area contributed by atoms with Crippen LogP contribution in [0.25, 0.3) is 22.4 Å². The van der Waals surface area contributed by atoms with Crippen LogP contribution in [0.1, 0.15) is 11.1 Å². The van der Waals surface area contributed by atoms with Crippen molar-refractivity contribution >= 4 is 22.6 Å². The molecule has 0 fully saturated rings. The first-order chi connectivity index (χ1) is 15.7. The third kappa shape index (κ3) is 4.32. The van der Waals surface area contributed by atoms with Gasteiger partial charge in [-0.1, -0.05) is 54.1 Å². The summed E-state index contributed by atoms with van der Waals surface area (Å²) in [5.41, 5.74) is 5.03. The van der Waals surface area contributed by atoms with Crippen LogP contribution in [0.3, 0.4) is 0 Å². The Bertz CT molecular complexity index is 1340. The van der Waals surface area contributed by atoms with E-state index < -0.39 is 0 Å². The number of benzene rings is 4. The molecule has 5 rings (SSSR count). The lowest BCUT2D eigenvalue weighted by Gasteiger charge is -2.11. The van der Waals surface area contributed by atoms with E-state index in [4.69, 9.17) is 21.3 Å². The first kappa shape index (κ1) is 20.2. The van der Waals surface area contributed by atoms with Crippen molar-refractivity contribution in [2.24, 2.45) is 0 Å². The zero-order chi connectivity index (χ0) is 21.9. The Balaban J connectivity index is 1.53. The van der Waals surface area contributed by atoms with E-state index in [0.29, 0.717) is 18.2 Å². The van der Waals surface area contributed by atoms with E-state index in [9.17, 15) is 5.11 Å². The zero-order valence-electron chi connectivity index (χ0n) is 17.3. The maximum atomic E-state index is 9.71. The SMILES string of the molecule is Oc1ccc(-c2nc3cc(OCc4ccccc4)ccc3n2Cc2ccc(Cl)cc2)cc1. The van der Waals surface area contributed by atoms with Crippen molar-refractivity contribution in [2.75, 3.05) is 0 Å². The van der Waals surface area contributed by atoms with E-state index in [0.717, 1.165) is 39.3 Å². The van der Waals surface area contributed by atoms with E-state index in [2.05, 4.69) is 4.57 Å². The van der Waals surface area contributed by atoms with Crippen LogP contribution in [-0.2, 0) is 13.2 Å². The minimum atomic E-state index is 0.228. The Morgan fingerprint density at radius 2 is 1.56 bits per heavy atom. The molecule has 0 saturated heterocycles. The molecule has 1 heterocycles. The van der Waals surface area contributed by atoms with Crippen LogP contribution in [0, 0.1) is 0 Å². The summed E-state index contributed by atoms with van der Waals surface area (Å²) < 4.78 is 8.18. The largest absolute Gasteiger partial charge is 0.508 e. The van der Waals surface area contributed by atoms with Gasteiger partial charge < -0.3 is 14.4 Å². The van der Waals surface area contributed by atoms with Crippen LogP contribution in [-0.4, -0.2) is 14.7 Å². The van der Waals surface area contributed by atoms with E-state index in [1.165, 1.54) is 0 Å². The second-order valence-electron chi connectivity index (χ2n) is 7.62. The molecule has 0 unspecified atom stereocenters. The Labute approximate surface area is 191 Å². The third-order valence-corrected chi connectivity index (χ3v) is 5.60. The molecule has 0 spiro atoms. The molecule has 0 aliphatic heterocycles. The fourth-order valence-corrected chi connectivity index (χ4v) is 3.83. The van der Waals surface area contributed by atoms with Crippen LogP contribution in [0.4, 0.5) is 0 Å². The summed E-state index contributed by atoms with van der Waals surface area (Å²) >= 11 is 6.07. The summed E-state index contributed by atoms with van der Waals surface area (Å²) in [6.45, 7) is 1.15. The first-order valence-corrected chi connectivity index (χ1v) is 10.7. The van der Waals surface area contributed by atoms with Crippen molar-refractivity contribution in [2.45, 2.75) is 13.2 Å². The van der Waals surface area contributed by atoms with Gasteiger partial charge >= 0.3 is 0 Å². The van der Waals surface area contributed by atoms with Crippen LogP contribution < -0.4 is 4.74 Å². The van der Waals surface area contributed by atoms with Crippen LogP contribution >= 0.6 is 11.6 Å². The van der Waals surface area contributed by atoms with E-state index in [1.54, 1.807) is 12.1 Å². The highest BCUT2D eigenvalue weighted by atomic mass is 35.5. The van der Waals surface area contributed by atoms with Gasteiger partial charge in [0.25, 0.3) is 0 Å². The van der Waals surface area contributed by atoms with Crippen molar-refractivity contribution < 1.29 is 9.84 Å². The molecule has 0 saturated carbocycles. The van der Waals surface area contributed by atoms with Crippen molar-refractivity contribution in [3.63, 3.8) is 0 Å². The van der Waals surface area contributed by atoms with Crippen LogP contribution in [0.5, 0.6) is 11.5 Å². The molecule has 0 bridgehead atoms. The quantitative estimate of drug-likeness (QED) is 0.320. The molecule has 4 nitrogen and oxygen atoms in total. The Kier molecular flexibility index (Phi) is 5.53. The van der Waals surface area contributed by atoms with E-state index >= 15 is 0 Å². The van der Waals surface area contributed by atoms with Gasteiger partial charge in [0, 0.05) is 23.2 Å². The van der Waals surface area contributed by atoms with E-state index in [-0.39, 0.29) is 5.75 Å². The molecule has 32 heavy (non-hydrogen) atoms. The van der Waals surface area contributed by atoms with Gasteiger partial charge in [-0.05, 0) is 59.7 Å². The molecule has 0 aliphatic rings.